The van der Waals surface area contributed by atoms with E-state index in [0.717, 1.165) is 19.2 Å². The van der Waals surface area contributed by atoms with Crippen LogP contribution in [0.25, 0.3) is 5.52 Å². The molecule has 188 valence electrons. The van der Waals surface area contributed by atoms with Gasteiger partial charge in [-0.05, 0) is 50.6 Å². The first-order valence-electron chi connectivity index (χ1n) is 12.6. The molecule has 12 heteroatoms. The molecule has 4 atom stereocenters. The van der Waals surface area contributed by atoms with Crippen LogP contribution in [0, 0.1) is 29.1 Å². The zero-order valence-corrected chi connectivity index (χ0v) is 19.3. The van der Waals surface area contributed by atoms with Crippen LogP contribution in [0.1, 0.15) is 45.6 Å². The number of nitriles is 1. The number of nitrogens with zero attached hydrogens (tertiary/aromatic N) is 4. The summed E-state index contributed by atoms with van der Waals surface area (Å²) < 4.78 is 32.9. The van der Waals surface area contributed by atoms with Crippen molar-refractivity contribution in [2.75, 3.05) is 12.3 Å². The lowest BCUT2D eigenvalue weighted by molar-refractivity contribution is -0.171. The molecule has 3 saturated carbocycles. The minimum absolute atomic E-state index is 0.00971. The molecule has 12 nitrogen and oxygen atoms in total. The average Bonchev–Trinajstić information content (AvgIpc) is 3.75. The van der Waals surface area contributed by atoms with Crippen LogP contribution in [-0.2, 0) is 38.9 Å². The summed E-state index contributed by atoms with van der Waals surface area (Å²) in [6.07, 6.45) is 1.52. The molecule has 36 heavy (non-hydrogen) atoms. The molecule has 0 spiro atoms. The van der Waals surface area contributed by atoms with Crippen molar-refractivity contribution in [1.29, 1.82) is 5.26 Å². The lowest BCUT2D eigenvalue weighted by atomic mass is 9.92. The summed E-state index contributed by atoms with van der Waals surface area (Å²) in [5.74, 6) is -2.23. The first-order chi connectivity index (χ1) is 17.8. The standard InChI is InChI=1S/C24H25N5O7/c25-10-24(17-8-7-15-20(26)27-11-28-29(15)17)19(35-23(32)14-5-6-14)18(34-22(31)13-3-4-13)16(36-24)9-33-21(30)12-1-2-12/h7-8,11-14,16,18-19H,1-6,9H2,(H2,26,27,28)/t16-,18-,19-,24+/m1/s1/i7D. The number of carbonyl (C=O) groups is 3. The minimum Gasteiger partial charge on any atom is -0.463 e. The molecule has 0 aromatic carbocycles. The van der Waals surface area contributed by atoms with E-state index in [4.69, 9.17) is 26.1 Å². The van der Waals surface area contributed by atoms with Gasteiger partial charge in [0.1, 0.15) is 30.6 Å². The first-order valence-corrected chi connectivity index (χ1v) is 12.1. The highest BCUT2D eigenvalue weighted by Crippen LogP contribution is 2.46. The molecule has 0 bridgehead atoms. The van der Waals surface area contributed by atoms with Gasteiger partial charge in [0, 0.05) is 0 Å². The number of aromatic nitrogens is 3. The predicted octanol–water partition coefficient (Wildman–Crippen LogP) is 1.03. The van der Waals surface area contributed by atoms with E-state index in [2.05, 4.69) is 16.2 Å². The average molecular weight is 496 g/mol. The van der Waals surface area contributed by atoms with Crippen molar-refractivity contribution in [3.05, 3.63) is 24.1 Å². The van der Waals surface area contributed by atoms with E-state index in [9.17, 15) is 19.6 Å². The van der Waals surface area contributed by atoms with Crippen molar-refractivity contribution < 1.29 is 34.7 Å². The number of hydrogen-bond donors (Lipinski definition) is 1. The van der Waals surface area contributed by atoms with E-state index in [1.54, 1.807) is 0 Å². The van der Waals surface area contributed by atoms with Gasteiger partial charge in [-0.25, -0.2) is 9.50 Å². The lowest BCUT2D eigenvalue weighted by Crippen LogP contribution is -2.46. The van der Waals surface area contributed by atoms with Gasteiger partial charge in [-0.2, -0.15) is 10.4 Å². The Morgan fingerprint density at radius 2 is 1.78 bits per heavy atom. The van der Waals surface area contributed by atoms with E-state index in [1.165, 1.54) is 10.6 Å². The molecule has 0 unspecified atom stereocenters. The van der Waals surface area contributed by atoms with Gasteiger partial charge in [0.05, 0.1) is 24.8 Å². The molecule has 3 aliphatic carbocycles. The fraction of sp³-hybridized carbons (Fsp3) is 0.583. The van der Waals surface area contributed by atoms with E-state index in [-0.39, 0.29) is 47.4 Å². The second kappa shape index (κ2) is 8.44. The third kappa shape index (κ3) is 3.93. The first kappa shape index (κ1) is 21.6. The van der Waals surface area contributed by atoms with Crippen molar-refractivity contribution >= 4 is 29.2 Å². The summed E-state index contributed by atoms with van der Waals surface area (Å²) in [4.78, 5) is 41.8. The number of esters is 3. The van der Waals surface area contributed by atoms with Crippen LogP contribution in [-0.4, -0.2) is 57.4 Å². The number of rotatable bonds is 8. The highest BCUT2D eigenvalue weighted by molar-refractivity contribution is 5.77. The molecule has 1 aliphatic heterocycles. The zero-order chi connectivity index (χ0) is 25.9. The molecule has 6 rings (SSSR count). The molecule has 2 N–H and O–H groups in total. The number of anilines is 1. The van der Waals surface area contributed by atoms with Gasteiger partial charge in [-0.15, -0.1) is 0 Å². The van der Waals surface area contributed by atoms with Crippen LogP contribution >= 0.6 is 0 Å². The second-order valence-electron chi connectivity index (χ2n) is 9.80. The van der Waals surface area contributed by atoms with Crippen molar-refractivity contribution in [3.8, 4) is 6.07 Å². The number of nitrogens with two attached hydrogens (primary N) is 1. The van der Waals surface area contributed by atoms with E-state index >= 15 is 0 Å². The summed E-state index contributed by atoms with van der Waals surface area (Å²) in [5.41, 5.74) is 4.12. The summed E-state index contributed by atoms with van der Waals surface area (Å²) in [6.45, 7) is -0.312. The van der Waals surface area contributed by atoms with Crippen LogP contribution in [0.3, 0.4) is 0 Å². The maximum absolute atomic E-state index is 12.9. The Morgan fingerprint density at radius 1 is 1.14 bits per heavy atom. The highest BCUT2D eigenvalue weighted by atomic mass is 16.7. The third-order valence-electron chi connectivity index (χ3n) is 6.96. The smallest absolute Gasteiger partial charge is 0.309 e. The number of carbonyl (C=O) groups excluding carboxylic acids is 3. The van der Waals surface area contributed by atoms with Crippen LogP contribution in [0.2, 0.25) is 0 Å². The van der Waals surface area contributed by atoms with Crippen molar-refractivity contribution in [2.45, 2.75) is 62.4 Å². The molecule has 3 heterocycles. The maximum atomic E-state index is 12.9. The fourth-order valence-electron chi connectivity index (χ4n) is 4.41. The second-order valence-corrected chi connectivity index (χ2v) is 9.80. The number of hydrogen-bond acceptors (Lipinski definition) is 11. The molecule has 1 saturated heterocycles. The van der Waals surface area contributed by atoms with Crippen LogP contribution < -0.4 is 5.73 Å². The molecule has 2 aromatic rings. The molecule has 2 aromatic heterocycles. The molecule has 0 radical (unpaired) electrons. The summed E-state index contributed by atoms with van der Waals surface area (Å²) in [7, 11) is 0. The molecule has 0 amide bonds. The zero-order valence-electron chi connectivity index (χ0n) is 20.3. The Kier molecular flexibility index (Phi) is 5.06. The van der Waals surface area contributed by atoms with E-state index in [0.29, 0.717) is 25.7 Å². The SMILES string of the molecule is [2H]c1cc([C@]2(C#N)O[C@H](COC(=O)C3CC3)[C@@H](OC(=O)C3CC3)[C@H]2OC(=O)C2CC2)n2ncnc(N)c12. The van der Waals surface area contributed by atoms with E-state index < -0.39 is 41.8 Å². The normalized spacial score (nSPS) is 29.9. The maximum Gasteiger partial charge on any atom is 0.309 e. The Bertz CT molecular complexity index is 1330. The third-order valence-corrected chi connectivity index (χ3v) is 6.96. The van der Waals surface area contributed by atoms with Gasteiger partial charge in [0.25, 0.3) is 0 Å². The topological polar surface area (TPSA) is 168 Å². The molecule has 4 fully saturated rings. The quantitative estimate of drug-likeness (QED) is 0.409. The van der Waals surface area contributed by atoms with Gasteiger partial charge >= 0.3 is 17.9 Å². The Hall–Kier alpha value is -3.72. The number of nitrogen functional groups attached to an aromatic ring is 1. The Balaban J connectivity index is 1.43. The van der Waals surface area contributed by atoms with Crippen LogP contribution in [0.15, 0.2) is 18.4 Å². The van der Waals surface area contributed by atoms with E-state index in [1.807, 2.05) is 0 Å². The highest BCUT2D eigenvalue weighted by Gasteiger charge is 2.63. The Labute approximate surface area is 207 Å². The summed E-state index contributed by atoms with van der Waals surface area (Å²) >= 11 is 0. The molecule has 4 aliphatic rings. The monoisotopic (exact) mass is 496 g/mol. The number of fused-ring (bicyclic) bond motifs is 1. The largest absolute Gasteiger partial charge is 0.463 e. The van der Waals surface area contributed by atoms with Crippen LogP contribution in [0.4, 0.5) is 5.82 Å². The van der Waals surface area contributed by atoms with Crippen LogP contribution in [0.5, 0.6) is 0 Å². The number of ether oxygens (including phenoxy) is 4. The minimum atomic E-state index is -2.04. The lowest BCUT2D eigenvalue weighted by Gasteiger charge is -2.28. The van der Waals surface area contributed by atoms with Crippen molar-refractivity contribution in [2.24, 2.45) is 17.8 Å². The van der Waals surface area contributed by atoms with Gasteiger partial charge < -0.3 is 24.7 Å². The van der Waals surface area contributed by atoms with Crippen molar-refractivity contribution in [3.63, 3.8) is 0 Å². The molecular formula is C24H25N5O7. The predicted molar refractivity (Wildman–Crippen MR) is 118 cm³/mol. The van der Waals surface area contributed by atoms with Gasteiger partial charge in [0.15, 0.2) is 18.0 Å². The Morgan fingerprint density at radius 3 is 2.42 bits per heavy atom. The van der Waals surface area contributed by atoms with Gasteiger partial charge in [-0.3, -0.25) is 14.4 Å². The van der Waals surface area contributed by atoms with Gasteiger partial charge in [-0.1, -0.05) is 0 Å². The molecular weight excluding hydrogens is 470 g/mol. The fourth-order valence-corrected chi connectivity index (χ4v) is 4.41. The van der Waals surface area contributed by atoms with Crippen molar-refractivity contribution in [1.82, 2.24) is 14.6 Å². The summed E-state index contributed by atoms with van der Waals surface area (Å²) in [6, 6.07) is 3.36. The van der Waals surface area contributed by atoms with Gasteiger partial charge in [0.2, 0.25) is 5.60 Å². The summed E-state index contributed by atoms with van der Waals surface area (Å²) in [5, 5.41) is 14.7.